The summed E-state index contributed by atoms with van der Waals surface area (Å²) in [5, 5.41) is 9.03. The van der Waals surface area contributed by atoms with Crippen LogP contribution in [0.3, 0.4) is 0 Å². The average Bonchev–Trinajstić information content (AvgIpc) is 3.04. The van der Waals surface area contributed by atoms with E-state index in [0.29, 0.717) is 38.5 Å². The van der Waals surface area contributed by atoms with Gasteiger partial charge >= 0.3 is 6.18 Å². The predicted octanol–water partition coefficient (Wildman–Crippen LogP) is 3.53. The van der Waals surface area contributed by atoms with E-state index >= 15 is 0 Å². The molecule has 0 spiro atoms. The van der Waals surface area contributed by atoms with Gasteiger partial charge in [0.15, 0.2) is 0 Å². The molecule has 1 amide bonds. The molecular weight excluding hydrogens is 383 g/mol. The van der Waals surface area contributed by atoms with Crippen LogP contribution in [0.1, 0.15) is 31.4 Å². The number of carbonyl (C=O) groups excluding carboxylic acids is 1. The Morgan fingerprint density at radius 3 is 2.69 bits per heavy atom. The molecule has 0 unspecified atom stereocenters. The highest BCUT2D eigenvalue weighted by molar-refractivity contribution is 5.78. The molecule has 2 fully saturated rings. The van der Waals surface area contributed by atoms with Crippen LogP contribution in [0, 0.1) is 28.6 Å². The molecule has 1 aromatic carbocycles. The summed E-state index contributed by atoms with van der Waals surface area (Å²) in [5.41, 5.74) is -1.04. The Labute approximate surface area is 169 Å². The van der Waals surface area contributed by atoms with Gasteiger partial charge in [-0.1, -0.05) is 13.8 Å². The molecule has 29 heavy (non-hydrogen) atoms. The summed E-state index contributed by atoms with van der Waals surface area (Å²) in [6.07, 6.45) is -3.83. The maximum absolute atomic E-state index is 13.4. The Kier molecular flexibility index (Phi) is 5.81. The molecule has 2 aliphatic heterocycles. The van der Waals surface area contributed by atoms with Gasteiger partial charge in [0.2, 0.25) is 5.91 Å². The van der Waals surface area contributed by atoms with E-state index < -0.39 is 11.7 Å². The van der Waals surface area contributed by atoms with Gasteiger partial charge in [0, 0.05) is 56.2 Å². The van der Waals surface area contributed by atoms with Crippen molar-refractivity contribution in [3.05, 3.63) is 29.3 Å². The minimum atomic E-state index is -4.59. The molecule has 2 aliphatic rings. The van der Waals surface area contributed by atoms with Crippen molar-refractivity contribution in [3.63, 3.8) is 0 Å². The van der Waals surface area contributed by atoms with Crippen LogP contribution in [0.15, 0.2) is 18.2 Å². The SMILES string of the molecule is COC[C@@]12CCN(C(=O)C(C)C)C[C@@H]1CN(c1ccc(C#N)c(C(F)(F)F)c1)C2. The summed E-state index contributed by atoms with van der Waals surface area (Å²) >= 11 is 0. The number of anilines is 1. The van der Waals surface area contributed by atoms with Crippen LogP contribution in [0.4, 0.5) is 18.9 Å². The smallest absolute Gasteiger partial charge is 0.384 e. The fourth-order valence-corrected chi connectivity index (χ4v) is 4.63. The zero-order valence-corrected chi connectivity index (χ0v) is 16.9. The van der Waals surface area contributed by atoms with Crippen molar-refractivity contribution in [2.45, 2.75) is 26.4 Å². The zero-order valence-electron chi connectivity index (χ0n) is 16.9. The van der Waals surface area contributed by atoms with Crippen molar-refractivity contribution in [3.8, 4) is 6.07 Å². The highest BCUT2D eigenvalue weighted by atomic mass is 19.4. The van der Waals surface area contributed by atoms with E-state index in [0.717, 1.165) is 12.5 Å². The molecule has 8 heteroatoms. The van der Waals surface area contributed by atoms with Gasteiger partial charge in [-0.3, -0.25) is 4.79 Å². The molecule has 3 rings (SSSR count). The van der Waals surface area contributed by atoms with Crippen molar-refractivity contribution in [1.82, 2.24) is 4.90 Å². The molecule has 0 radical (unpaired) electrons. The number of carbonyl (C=O) groups is 1. The number of ether oxygens (including phenoxy) is 1. The Hall–Kier alpha value is -2.27. The number of nitriles is 1. The zero-order chi connectivity index (χ0) is 21.4. The number of piperidine rings is 1. The summed E-state index contributed by atoms with van der Waals surface area (Å²) in [6.45, 7) is 6.57. The third-order valence-corrected chi connectivity index (χ3v) is 6.16. The molecule has 2 heterocycles. The largest absolute Gasteiger partial charge is 0.417 e. The minimum Gasteiger partial charge on any atom is -0.384 e. The van der Waals surface area contributed by atoms with E-state index in [1.807, 2.05) is 23.6 Å². The molecule has 0 aromatic heterocycles. The van der Waals surface area contributed by atoms with E-state index in [-0.39, 0.29) is 28.7 Å². The Morgan fingerprint density at radius 1 is 1.38 bits per heavy atom. The first kappa shape index (κ1) is 21.4. The molecule has 158 valence electrons. The third-order valence-electron chi connectivity index (χ3n) is 6.16. The van der Waals surface area contributed by atoms with Gasteiger partial charge in [0.1, 0.15) is 0 Å². The average molecular weight is 409 g/mol. The number of hydrogen-bond donors (Lipinski definition) is 0. The lowest BCUT2D eigenvalue weighted by Gasteiger charge is -2.43. The lowest BCUT2D eigenvalue weighted by atomic mass is 9.73. The lowest BCUT2D eigenvalue weighted by molar-refractivity contribution is -0.139. The van der Waals surface area contributed by atoms with Gasteiger partial charge in [0.25, 0.3) is 0 Å². The number of hydrogen-bond acceptors (Lipinski definition) is 4. The fourth-order valence-electron chi connectivity index (χ4n) is 4.63. The van der Waals surface area contributed by atoms with Gasteiger partial charge in [-0.15, -0.1) is 0 Å². The van der Waals surface area contributed by atoms with Crippen molar-refractivity contribution in [2.75, 3.05) is 44.8 Å². The molecule has 5 nitrogen and oxygen atoms in total. The Balaban J connectivity index is 1.89. The van der Waals surface area contributed by atoms with Crippen LogP contribution in [0.2, 0.25) is 0 Å². The molecular formula is C21H26F3N3O2. The molecule has 0 bridgehead atoms. The number of fused-ring (bicyclic) bond motifs is 1. The van der Waals surface area contributed by atoms with E-state index in [2.05, 4.69) is 0 Å². The predicted molar refractivity (Wildman–Crippen MR) is 102 cm³/mol. The summed E-state index contributed by atoms with van der Waals surface area (Å²) in [6, 6.07) is 5.49. The van der Waals surface area contributed by atoms with E-state index in [1.165, 1.54) is 6.07 Å². The topological polar surface area (TPSA) is 56.6 Å². The monoisotopic (exact) mass is 409 g/mol. The molecule has 2 atom stereocenters. The molecule has 0 aliphatic carbocycles. The van der Waals surface area contributed by atoms with E-state index in [1.54, 1.807) is 19.2 Å². The van der Waals surface area contributed by atoms with Crippen LogP contribution in [0.5, 0.6) is 0 Å². The van der Waals surface area contributed by atoms with Crippen molar-refractivity contribution < 1.29 is 22.7 Å². The minimum absolute atomic E-state index is 0.0877. The summed E-state index contributed by atoms with van der Waals surface area (Å²) < 4.78 is 45.6. The quantitative estimate of drug-likeness (QED) is 0.763. The maximum atomic E-state index is 13.4. The number of rotatable bonds is 4. The Morgan fingerprint density at radius 2 is 2.10 bits per heavy atom. The van der Waals surface area contributed by atoms with Crippen molar-refractivity contribution >= 4 is 11.6 Å². The number of methoxy groups -OCH3 is 1. The number of nitrogens with zero attached hydrogens (tertiary/aromatic N) is 3. The first-order valence-corrected chi connectivity index (χ1v) is 9.75. The first-order chi connectivity index (χ1) is 13.6. The molecule has 0 saturated carbocycles. The highest BCUT2D eigenvalue weighted by Gasteiger charge is 2.50. The Bertz CT molecular complexity index is 818. The van der Waals surface area contributed by atoms with Gasteiger partial charge in [0.05, 0.1) is 23.8 Å². The van der Waals surface area contributed by atoms with Crippen LogP contribution in [-0.4, -0.2) is 50.7 Å². The van der Waals surface area contributed by atoms with Gasteiger partial charge < -0.3 is 14.5 Å². The number of alkyl halides is 3. The summed E-state index contributed by atoms with van der Waals surface area (Å²) in [4.78, 5) is 16.3. The number of likely N-dealkylation sites (tertiary alicyclic amines) is 1. The first-order valence-electron chi connectivity index (χ1n) is 9.75. The number of benzene rings is 1. The number of halogens is 3. The van der Waals surface area contributed by atoms with Crippen LogP contribution < -0.4 is 4.90 Å². The summed E-state index contributed by atoms with van der Waals surface area (Å²) in [7, 11) is 1.63. The van der Waals surface area contributed by atoms with Crippen LogP contribution >= 0.6 is 0 Å². The normalized spacial score (nSPS) is 24.6. The van der Waals surface area contributed by atoms with Gasteiger partial charge in [-0.2, -0.15) is 18.4 Å². The third kappa shape index (κ3) is 4.06. The van der Waals surface area contributed by atoms with E-state index in [4.69, 9.17) is 10.00 Å². The van der Waals surface area contributed by atoms with Gasteiger partial charge in [-0.05, 0) is 24.6 Å². The second-order valence-corrected chi connectivity index (χ2v) is 8.40. The van der Waals surface area contributed by atoms with Crippen LogP contribution in [-0.2, 0) is 15.7 Å². The van der Waals surface area contributed by atoms with Crippen molar-refractivity contribution in [2.24, 2.45) is 17.3 Å². The number of amides is 1. The molecule has 0 N–H and O–H groups in total. The molecule has 1 aromatic rings. The van der Waals surface area contributed by atoms with Crippen LogP contribution in [0.25, 0.3) is 0 Å². The second-order valence-electron chi connectivity index (χ2n) is 8.40. The van der Waals surface area contributed by atoms with E-state index in [9.17, 15) is 18.0 Å². The highest BCUT2D eigenvalue weighted by Crippen LogP contribution is 2.45. The van der Waals surface area contributed by atoms with Gasteiger partial charge in [-0.25, -0.2) is 0 Å². The summed E-state index contributed by atoms with van der Waals surface area (Å²) in [5.74, 6) is 0.131. The maximum Gasteiger partial charge on any atom is 0.417 e. The second kappa shape index (κ2) is 7.86. The standard InChI is InChI=1S/C21H26F3N3O2/c1-14(2)19(28)26-7-6-20(13-29-3)12-27(11-16(20)10-26)17-5-4-15(9-25)18(8-17)21(22,23)24/h4-5,8,14,16H,6-7,10-13H2,1-3H3/t16-,20+/m1/s1. The fraction of sp³-hybridized carbons (Fsp3) is 0.619. The lowest BCUT2D eigenvalue weighted by Crippen LogP contribution is -2.51. The van der Waals surface area contributed by atoms with Crippen molar-refractivity contribution in [1.29, 1.82) is 5.26 Å². The molecule has 2 saturated heterocycles.